The molecule has 1 aromatic rings. The van der Waals surface area contributed by atoms with Gasteiger partial charge < -0.3 is 0 Å². The maximum Gasteiger partial charge on any atom is 0.234 e. The van der Waals surface area contributed by atoms with Gasteiger partial charge in [0.1, 0.15) is 0 Å². The van der Waals surface area contributed by atoms with Crippen LogP contribution in [0.5, 0.6) is 0 Å². The zero-order chi connectivity index (χ0) is 10.4. The summed E-state index contributed by atoms with van der Waals surface area (Å²) in [5.74, 6) is 5.21. The monoisotopic (exact) mass is 192 g/mol. The molecule has 1 unspecified atom stereocenters. The van der Waals surface area contributed by atoms with E-state index in [-0.39, 0.29) is 11.8 Å². The third-order valence-corrected chi connectivity index (χ3v) is 2.36. The number of amides is 1. The topological polar surface area (TPSA) is 55.1 Å². The molecule has 0 aliphatic heterocycles. The minimum Gasteiger partial charge on any atom is -0.294 e. The molecule has 0 aliphatic carbocycles. The Morgan fingerprint density at radius 2 is 2.07 bits per heavy atom. The molecule has 1 atom stereocenters. The zero-order valence-electron chi connectivity index (χ0n) is 8.36. The Morgan fingerprint density at radius 3 is 2.57 bits per heavy atom. The number of benzene rings is 1. The van der Waals surface area contributed by atoms with E-state index in [0.29, 0.717) is 6.42 Å². The highest BCUT2D eigenvalue weighted by molar-refractivity contribution is 5.76. The van der Waals surface area contributed by atoms with Crippen LogP contribution in [-0.2, 0) is 4.79 Å². The average molecular weight is 192 g/mol. The molecule has 0 aliphatic rings. The lowest BCUT2D eigenvalue weighted by atomic mass is 9.93. The van der Waals surface area contributed by atoms with Crippen molar-refractivity contribution >= 4 is 5.91 Å². The van der Waals surface area contributed by atoms with E-state index in [4.69, 9.17) is 5.84 Å². The second-order valence-electron chi connectivity index (χ2n) is 3.29. The highest BCUT2D eigenvalue weighted by Gasteiger charge is 2.12. The fourth-order valence-corrected chi connectivity index (χ4v) is 1.51. The minimum absolute atomic E-state index is 0.110. The Kier molecular flexibility index (Phi) is 4.13. The number of carbonyl (C=O) groups excluding carboxylic acids is 1. The third kappa shape index (κ3) is 2.85. The number of nitrogens with two attached hydrogens (primary N) is 1. The average Bonchev–Trinajstić information content (AvgIpc) is 2.26. The van der Waals surface area contributed by atoms with E-state index in [0.717, 1.165) is 6.42 Å². The largest absolute Gasteiger partial charge is 0.294 e. The summed E-state index contributed by atoms with van der Waals surface area (Å²) in [5.41, 5.74) is 3.35. The summed E-state index contributed by atoms with van der Waals surface area (Å²) in [6.07, 6.45) is 1.40. The van der Waals surface area contributed by atoms with E-state index in [1.807, 2.05) is 30.3 Å². The van der Waals surface area contributed by atoms with Crippen LogP contribution in [0, 0.1) is 0 Å². The second kappa shape index (κ2) is 5.40. The summed E-state index contributed by atoms with van der Waals surface area (Å²) in [6.45, 7) is 2.07. The predicted octanol–water partition coefficient (Wildman–Crippen LogP) is 1.56. The Morgan fingerprint density at radius 1 is 1.43 bits per heavy atom. The van der Waals surface area contributed by atoms with Crippen LogP contribution >= 0.6 is 0 Å². The molecule has 0 fully saturated rings. The Bertz CT molecular complexity index is 285. The molecule has 1 aromatic carbocycles. The number of hydrazine groups is 1. The van der Waals surface area contributed by atoms with Gasteiger partial charge in [-0.15, -0.1) is 0 Å². The van der Waals surface area contributed by atoms with E-state index in [1.165, 1.54) is 5.56 Å². The second-order valence-corrected chi connectivity index (χ2v) is 3.29. The molecular weight excluding hydrogens is 176 g/mol. The lowest BCUT2D eigenvalue weighted by Crippen LogP contribution is -2.31. The van der Waals surface area contributed by atoms with Crippen molar-refractivity contribution in [2.24, 2.45) is 5.84 Å². The van der Waals surface area contributed by atoms with Crippen molar-refractivity contribution in [1.82, 2.24) is 5.43 Å². The Labute approximate surface area is 84.3 Å². The Balaban J connectivity index is 2.68. The molecule has 14 heavy (non-hydrogen) atoms. The molecule has 0 radical (unpaired) electrons. The van der Waals surface area contributed by atoms with E-state index < -0.39 is 0 Å². The zero-order valence-corrected chi connectivity index (χ0v) is 8.36. The highest BCUT2D eigenvalue weighted by atomic mass is 16.2. The number of nitrogens with one attached hydrogen (secondary N) is 1. The van der Waals surface area contributed by atoms with Crippen molar-refractivity contribution < 1.29 is 4.79 Å². The molecule has 1 rings (SSSR count). The van der Waals surface area contributed by atoms with Gasteiger partial charge in [-0.3, -0.25) is 10.2 Å². The quantitative estimate of drug-likeness (QED) is 0.432. The molecule has 3 heteroatoms. The summed E-state index contributed by atoms with van der Waals surface area (Å²) in [7, 11) is 0. The van der Waals surface area contributed by atoms with Gasteiger partial charge in [-0.1, -0.05) is 37.3 Å². The number of rotatable bonds is 4. The van der Waals surface area contributed by atoms with Crippen molar-refractivity contribution in [3.63, 3.8) is 0 Å². The van der Waals surface area contributed by atoms with Crippen LogP contribution in [0.4, 0.5) is 0 Å². The van der Waals surface area contributed by atoms with E-state index in [1.54, 1.807) is 0 Å². The highest BCUT2D eigenvalue weighted by Crippen LogP contribution is 2.22. The normalized spacial score (nSPS) is 12.1. The van der Waals surface area contributed by atoms with Crippen molar-refractivity contribution in [2.45, 2.75) is 25.7 Å². The van der Waals surface area contributed by atoms with Gasteiger partial charge in [-0.25, -0.2) is 5.84 Å². The van der Waals surface area contributed by atoms with Crippen LogP contribution in [0.3, 0.4) is 0 Å². The van der Waals surface area contributed by atoms with E-state index in [9.17, 15) is 4.79 Å². The molecule has 0 saturated carbocycles. The van der Waals surface area contributed by atoms with Gasteiger partial charge >= 0.3 is 0 Å². The molecule has 0 heterocycles. The van der Waals surface area contributed by atoms with Gasteiger partial charge in [0.05, 0.1) is 0 Å². The fraction of sp³-hybridized carbons (Fsp3) is 0.364. The molecular formula is C11H16N2O. The molecule has 0 saturated heterocycles. The number of carbonyl (C=O) groups is 1. The first-order valence-electron chi connectivity index (χ1n) is 4.82. The predicted molar refractivity (Wildman–Crippen MR) is 56.4 cm³/mol. The molecule has 0 bridgehead atoms. The summed E-state index contributed by atoms with van der Waals surface area (Å²) in [4.78, 5) is 11.1. The summed E-state index contributed by atoms with van der Waals surface area (Å²) < 4.78 is 0. The van der Waals surface area contributed by atoms with Gasteiger partial charge in [0.15, 0.2) is 0 Å². The van der Waals surface area contributed by atoms with Crippen LogP contribution in [-0.4, -0.2) is 5.91 Å². The van der Waals surface area contributed by atoms with Gasteiger partial charge in [0.2, 0.25) is 5.91 Å². The molecule has 3 N–H and O–H groups in total. The van der Waals surface area contributed by atoms with E-state index >= 15 is 0 Å². The van der Waals surface area contributed by atoms with Crippen LogP contribution in [0.15, 0.2) is 30.3 Å². The first kappa shape index (κ1) is 10.7. The van der Waals surface area contributed by atoms with Gasteiger partial charge in [-0.2, -0.15) is 0 Å². The summed E-state index contributed by atoms with van der Waals surface area (Å²) >= 11 is 0. The summed E-state index contributed by atoms with van der Waals surface area (Å²) in [5, 5.41) is 0. The van der Waals surface area contributed by atoms with Crippen LogP contribution in [0.2, 0.25) is 0 Å². The van der Waals surface area contributed by atoms with Gasteiger partial charge in [0.25, 0.3) is 0 Å². The molecule has 0 aromatic heterocycles. The molecule has 76 valence electrons. The Hall–Kier alpha value is -1.35. The molecule has 1 amide bonds. The third-order valence-electron chi connectivity index (χ3n) is 2.36. The van der Waals surface area contributed by atoms with Crippen LogP contribution < -0.4 is 11.3 Å². The maximum atomic E-state index is 11.1. The standard InChI is InChI=1S/C11H16N2O/c1-2-9(8-11(14)13-12)10-6-4-3-5-7-10/h3-7,9H,2,8,12H2,1H3,(H,13,14). The number of hydrogen-bond acceptors (Lipinski definition) is 2. The van der Waals surface area contributed by atoms with E-state index in [2.05, 4.69) is 12.3 Å². The smallest absolute Gasteiger partial charge is 0.234 e. The van der Waals surface area contributed by atoms with Crippen LogP contribution in [0.1, 0.15) is 31.2 Å². The lowest BCUT2D eigenvalue weighted by molar-refractivity contribution is -0.121. The van der Waals surface area contributed by atoms with Gasteiger partial charge in [-0.05, 0) is 17.9 Å². The fourth-order valence-electron chi connectivity index (χ4n) is 1.51. The van der Waals surface area contributed by atoms with Crippen molar-refractivity contribution in [3.8, 4) is 0 Å². The lowest BCUT2D eigenvalue weighted by Gasteiger charge is -2.13. The molecule has 0 spiro atoms. The van der Waals surface area contributed by atoms with Gasteiger partial charge in [0, 0.05) is 6.42 Å². The van der Waals surface area contributed by atoms with Crippen LogP contribution in [0.25, 0.3) is 0 Å². The first-order valence-corrected chi connectivity index (χ1v) is 4.82. The van der Waals surface area contributed by atoms with Crippen molar-refractivity contribution in [1.29, 1.82) is 0 Å². The number of hydrogen-bond donors (Lipinski definition) is 2. The first-order chi connectivity index (χ1) is 6.77. The minimum atomic E-state index is -0.110. The maximum absolute atomic E-state index is 11.1. The summed E-state index contributed by atoms with van der Waals surface area (Å²) in [6, 6.07) is 10.0. The molecule has 3 nitrogen and oxygen atoms in total. The van der Waals surface area contributed by atoms with Crippen molar-refractivity contribution in [3.05, 3.63) is 35.9 Å². The SMILES string of the molecule is CCC(CC(=O)NN)c1ccccc1. The van der Waals surface area contributed by atoms with Crippen molar-refractivity contribution in [2.75, 3.05) is 0 Å².